The molecular weight excluding hydrogens is 587 g/mol. The van der Waals surface area contributed by atoms with Crippen LogP contribution in [0.3, 0.4) is 0 Å². The number of piperidine rings is 1. The molecule has 0 atom stereocenters. The second-order valence-electron chi connectivity index (χ2n) is 11.6. The Morgan fingerprint density at radius 3 is 2.27 bits per heavy atom. The van der Waals surface area contributed by atoms with Crippen molar-refractivity contribution in [2.75, 3.05) is 57.6 Å². The van der Waals surface area contributed by atoms with Crippen LogP contribution in [0.25, 0.3) is 11.3 Å². The van der Waals surface area contributed by atoms with Crippen LogP contribution in [0.1, 0.15) is 43.4 Å². The summed E-state index contributed by atoms with van der Waals surface area (Å²) in [6.45, 7) is 6.84. The molecule has 0 unspecified atom stereocenters. The molecule has 2 N–H and O–H groups in total. The first-order chi connectivity index (χ1) is 21.7. The monoisotopic (exact) mass is 630 g/mol. The largest absolute Gasteiger partial charge is 0.361 e. The SMILES string of the molecule is CCOP(=O)(OCC)c1ccc2c(c1)/C(=C(/Nc1ccc(CCN3CCC(C(=O)N(C)C)CC3)cc1)c1ccccc1)C(=O)N2. The minimum atomic E-state index is -3.56. The quantitative estimate of drug-likeness (QED) is 0.191. The van der Waals surface area contributed by atoms with E-state index in [1.165, 1.54) is 5.56 Å². The summed E-state index contributed by atoms with van der Waals surface area (Å²) in [5.74, 6) is 0.121. The van der Waals surface area contributed by atoms with Crippen molar-refractivity contribution >= 4 is 47.4 Å². The van der Waals surface area contributed by atoms with Crippen LogP contribution in [0.15, 0.2) is 72.8 Å². The molecule has 2 amide bonds. The summed E-state index contributed by atoms with van der Waals surface area (Å²) in [6.07, 6.45) is 2.73. The maximum Gasteiger partial charge on any atom is 0.361 e. The summed E-state index contributed by atoms with van der Waals surface area (Å²) >= 11 is 0. The number of carbonyl (C=O) groups excluding carboxylic acids is 2. The molecule has 5 rings (SSSR count). The molecule has 0 saturated carbocycles. The predicted octanol–water partition coefficient (Wildman–Crippen LogP) is 5.85. The van der Waals surface area contributed by atoms with Crippen LogP contribution in [-0.4, -0.2) is 68.6 Å². The van der Waals surface area contributed by atoms with Gasteiger partial charge >= 0.3 is 7.60 Å². The fourth-order valence-electron chi connectivity index (χ4n) is 5.94. The Kier molecular flexibility index (Phi) is 10.6. The van der Waals surface area contributed by atoms with E-state index in [4.69, 9.17) is 9.05 Å². The van der Waals surface area contributed by atoms with Crippen molar-refractivity contribution in [3.8, 4) is 0 Å². The Hall–Kier alpha value is -3.75. The van der Waals surface area contributed by atoms with Crippen LogP contribution in [0.2, 0.25) is 0 Å². The van der Waals surface area contributed by atoms with Gasteiger partial charge in [-0.3, -0.25) is 14.2 Å². The number of carbonyl (C=O) groups is 2. The predicted molar refractivity (Wildman–Crippen MR) is 180 cm³/mol. The number of hydrogen-bond donors (Lipinski definition) is 2. The summed E-state index contributed by atoms with van der Waals surface area (Å²) in [5.41, 5.74) is 5.29. The van der Waals surface area contributed by atoms with Crippen molar-refractivity contribution in [3.63, 3.8) is 0 Å². The average Bonchev–Trinajstić information content (AvgIpc) is 3.38. The zero-order chi connectivity index (χ0) is 32.0. The molecular formula is C35H43N4O5P. The lowest BCUT2D eigenvalue weighted by molar-refractivity contribution is -0.134. The summed E-state index contributed by atoms with van der Waals surface area (Å²) in [4.78, 5) is 29.9. The zero-order valence-electron chi connectivity index (χ0n) is 26.5. The van der Waals surface area contributed by atoms with E-state index in [0.29, 0.717) is 27.8 Å². The van der Waals surface area contributed by atoms with Crippen LogP contribution in [0.4, 0.5) is 11.4 Å². The van der Waals surface area contributed by atoms with Crippen LogP contribution >= 0.6 is 7.60 Å². The summed E-state index contributed by atoms with van der Waals surface area (Å²) in [7, 11) is 0.102. The molecule has 238 valence electrons. The highest BCUT2D eigenvalue weighted by Gasteiger charge is 2.33. The van der Waals surface area contributed by atoms with E-state index in [9.17, 15) is 14.2 Å². The van der Waals surface area contributed by atoms with Gasteiger partial charge in [-0.1, -0.05) is 42.5 Å². The van der Waals surface area contributed by atoms with Gasteiger partial charge in [0.1, 0.15) is 0 Å². The normalized spacial score (nSPS) is 16.7. The number of rotatable bonds is 12. The second kappa shape index (κ2) is 14.6. The van der Waals surface area contributed by atoms with Crippen molar-refractivity contribution < 1.29 is 23.2 Å². The number of anilines is 2. The van der Waals surface area contributed by atoms with E-state index in [2.05, 4.69) is 27.7 Å². The minimum absolute atomic E-state index is 0.133. The van der Waals surface area contributed by atoms with Crippen molar-refractivity contribution in [1.29, 1.82) is 0 Å². The van der Waals surface area contributed by atoms with Crippen LogP contribution in [0, 0.1) is 5.92 Å². The molecule has 9 nitrogen and oxygen atoms in total. The van der Waals surface area contributed by atoms with Crippen molar-refractivity contribution in [3.05, 3.63) is 89.5 Å². The van der Waals surface area contributed by atoms with Gasteiger partial charge in [0.2, 0.25) is 5.91 Å². The molecule has 2 aliphatic heterocycles. The minimum Gasteiger partial charge on any atom is -0.354 e. The van der Waals surface area contributed by atoms with E-state index in [-0.39, 0.29) is 30.9 Å². The first-order valence-electron chi connectivity index (χ1n) is 15.7. The highest BCUT2D eigenvalue weighted by atomic mass is 31.2. The van der Waals surface area contributed by atoms with Crippen molar-refractivity contribution in [1.82, 2.24) is 9.80 Å². The third kappa shape index (κ3) is 7.56. The maximum atomic E-state index is 13.6. The van der Waals surface area contributed by atoms with E-state index in [0.717, 1.165) is 50.1 Å². The first kappa shape index (κ1) is 32.6. The highest BCUT2D eigenvalue weighted by molar-refractivity contribution is 7.62. The van der Waals surface area contributed by atoms with Crippen molar-refractivity contribution in [2.24, 2.45) is 5.92 Å². The van der Waals surface area contributed by atoms with Gasteiger partial charge in [0.15, 0.2) is 0 Å². The Morgan fingerprint density at radius 2 is 1.64 bits per heavy atom. The van der Waals surface area contributed by atoms with E-state index in [1.807, 2.05) is 56.6 Å². The average molecular weight is 631 g/mol. The summed E-state index contributed by atoms with van der Waals surface area (Å²) in [6, 6.07) is 23.2. The maximum absolute atomic E-state index is 13.6. The van der Waals surface area contributed by atoms with Gasteiger partial charge in [-0.2, -0.15) is 0 Å². The molecule has 2 heterocycles. The lowest BCUT2D eigenvalue weighted by atomic mass is 9.95. The first-order valence-corrected chi connectivity index (χ1v) is 17.2. The molecule has 1 saturated heterocycles. The molecule has 2 aliphatic rings. The third-order valence-electron chi connectivity index (χ3n) is 8.29. The molecule has 3 aromatic rings. The van der Waals surface area contributed by atoms with Gasteiger partial charge in [0, 0.05) is 43.5 Å². The third-order valence-corrected chi connectivity index (χ3v) is 10.4. The lowest BCUT2D eigenvalue weighted by Gasteiger charge is -2.32. The molecule has 3 aromatic carbocycles. The fourth-order valence-corrected chi connectivity index (χ4v) is 7.54. The van der Waals surface area contributed by atoms with Gasteiger partial charge < -0.3 is 29.5 Å². The number of hydrogen-bond acceptors (Lipinski definition) is 7. The number of benzene rings is 3. The van der Waals surface area contributed by atoms with E-state index >= 15 is 0 Å². The van der Waals surface area contributed by atoms with Gasteiger partial charge in [-0.25, -0.2) is 0 Å². The molecule has 0 bridgehead atoms. The number of fused-ring (bicyclic) bond motifs is 1. The Balaban J connectivity index is 1.36. The van der Waals surface area contributed by atoms with E-state index in [1.54, 1.807) is 36.9 Å². The van der Waals surface area contributed by atoms with Gasteiger partial charge in [0.25, 0.3) is 5.91 Å². The Labute approximate surface area is 266 Å². The summed E-state index contributed by atoms with van der Waals surface area (Å²) in [5, 5.41) is 6.89. The zero-order valence-corrected chi connectivity index (χ0v) is 27.4. The molecule has 0 radical (unpaired) electrons. The topological polar surface area (TPSA) is 100 Å². The van der Waals surface area contributed by atoms with Gasteiger partial charge in [0.05, 0.1) is 29.8 Å². The highest BCUT2D eigenvalue weighted by Crippen LogP contribution is 2.48. The Morgan fingerprint density at radius 1 is 0.978 bits per heavy atom. The van der Waals surface area contributed by atoms with Crippen LogP contribution in [0.5, 0.6) is 0 Å². The molecule has 0 aromatic heterocycles. The van der Waals surface area contributed by atoms with Gasteiger partial charge in [-0.15, -0.1) is 0 Å². The summed E-state index contributed by atoms with van der Waals surface area (Å²) < 4.78 is 24.8. The standard InChI is InChI=1S/C35H43N4O5P/c1-5-43-45(42,44-6-2)29-16-17-31-30(24-29)32(34(40)37-31)33(26-10-8-7-9-11-26)36-28-14-12-25(13-15-28)18-21-39-22-19-27(20-23-39)35(41)38(3)4/h7-17,24,27,36H,5-6,18-23H2,1-4H3,(H,37,40)/b33-32-. The van der Waals surface area contributed by atoms with Gasteiger partial charge in [-0.05, 0) is 87.7 Å². The van der Waals surface area contributed by atoms with Crippen molar-refractivity contribution in [2.45, 2.75) is 33.1 Å². The molecule has 45 heavy (non-hydrogen) atoms. The lowest BCUT2D eigenvalue weighted by Crippen LogP contribution is -2.40. The number of nitrogens with one attached hydrogen (secondary N) is 2. The number of nitrogens with zero attached hydrogens (tertiary/aromatic N) is 2. The van der Waals surface area contributed by atoms with Crippen LogP contribution in [-0.2, 0) is 29.6 Å². The number of likely N-dealkylation sites (tertiary alicyclic amines) is 1. The smallest absolute Gasteiger partial charge is 0.354 e. The fraction of sp³-hybridized carbons (Fsp3) is 0.371. The van der Waals surface area contributed by atoms with E-state index < -0.39 is 7.60 Å². The molecule has 0 aliphatic carbocycles. The van der Waals surface area contributed by atoms with Crippen LogP contribution < -0.4 is 15.9 Å². The molecule has 10 heteroatoms. The number of amides is 2. The second-order valence-corrected chi connectivity index (χ2v) is 13.6. The Bertz CT molecular complexity index is 1570. The molecule has 1 fully saturated rings. The molecule has 0 spiro atoms.